The molecule has 0 N–H and O–H groups in total. The van der Waals surface area contributed by atoms with Crippen LogP contribution in [0.3, 0.4) is 0 Å². The van der Waals surface area contributed by atoms with Crippen molar-refractivity contribution in [2.24, 2.45) is 39.9 Å². The largest absolute Gasteiger partial charge is 0.332 e. The van der Waals surface area contributed by atoms with Crippen molar-refractivity contribution in [2.45, 2.75) is 130 Å². The van der Waals surface area contributed by atoms with Crippen LogP contribution in [0.25, 0.3) is 0 Å². The Kier molecular flexibility index (Phi) is 13.7. The number of likely N-dealkylation sites (tertiary alicyclic amines) is 1. The van der Waals surface area contributed by atoms with Gasteiger partial charge in [-0.25, -0.2) is 8.42 Å². The van der Waals surface area contributed by atoms with Crippen LogP contribution in [0.15, 0.2) is 30.3 Å². The Morgan fingerprint density at radius 2 is 1.58 bits per heavy atom. The Morgan fingerprint density at radius 3 is 2.19 bits per heavy atom. The number of rotatable bonds is 19. The number of amides is 1. The lowest BCUT2D eigenvalue weighted by atomic mass is 9.70. The number of terminal acetylenes is 2. The number of nitrogens with zero attached hydrogens (tertiary/aromatic N) is 1. The topological polar surface area (TPSA) is 123 Å². The molecule has 3 aliphatic rings. The molecule has 0 radical (unpaired) electrons. The Morgan fingerprint density at radius 1 is 0.943 bits per heavy atom. The monoisotopic (exact) mass is 745 g/mol. The lowest BCUT2D eigenvalue weighted by Gasteiger charge is -2.39. The molecule has 5 atom stereocenters. The highest BCUT2D eigenvalue weighted by Gasteiger charge is 2.69. The first kappa shape index (κ1) is 42.2. The Balaban J connectivity index is 1.53. The van der Waals surface area contributed by atoms with E-state index in [2.05, 4.69) is 25.7 Å². The predicted molar refractivity (Wildman–Crippen MR) is 207 cm³/mol. The maximum Gasteiger partial charge on any atom is 0.227 e. The Labute approximate surface area is 317 Å². The molecule has 4 rings (SSSR count). The third-order valence-electron chi connectivity index (χ3n) is 12.3. The molecule has 0 aromatic heterocycles. The van der Waals surface area contributed by atoms with Gasteiger partial charge in [-0.15, -0.1) is 24.7 Å². The molecule has 1 amide bonds. The smallest absolute Gasteiger partial charge is 0.227 e. The summed E-state index contributed by atoms with van der Waals surface area (Å²) in [6.07, 6.45) is 15.9. The standard InChI is InChI=1S/C44H59NO7S/c1-8-10-14-22-36(47)40(49)32(21-11-9-2)25-37(48)39-38-35(43(38,6)7)28-45(39)41(50)34(42(3,4)5)26-33(46)27-44(23-17-13-18-24-44)30-53(51,52)29-31-19-15-12-16-20-31/h1-2,12,15-16,19-20,32,34-35,38-39H,10-11,13-14,17-18,21-30H2,3-7H3/t32?,34-,35?,38+,39-/m1/s1. The number of carbonyl (C=O) groups is 5. The predicted octanol–water partition coefficient (Wildman–Crippen LogP) is 6.98. The minimum absolute atomic E-state index is 0.0110. The highest BCUT2D eigenvalue weighted by Crippen LogP contribution is 2.65. The summed E-state index contributed by atoms with van der Waals surface area (Å²) in [5.41, 5.74) is -0.758. The van der Waals surface area contributed by atoms with Crippen LogP contribution >= 0.6 is 0 Å². The first-order valence-electron chi connectivity index (χ1n) is 19.4. The number of hydrogen-bond acceptors (Lipinski definition) is 7. The molecule has 1 aromatic carbocycles. The molecule has 3 fully saturated rings. The summed E-state index contributed by atoms with van der Waals surface area (Å²) in [6, 6.07) is 8.32. The normalized spacial score (nSPS) is 22.8. The third kappa shape index (κ3) is 10.6. The summed E-state index contributed by atoms with van der Waals surface area (Å²) in [5.74, 6) is 1.41. The molecule has 1 aromatic rings. The van der Waals surface area contributed by atoms with Crippen LogP contribution < -0.4 is 0 Å². The van der Waals surface area contributed by atoms with Crippen LogP contribution in [0, 0.1) is 64.6 Å². The molecule has 288 valence electrons. The highest BCUT2D eigenvalue weighted by atomic mass is 32.2. The summed E-state index contributed by atoms with van der Waals surface area (Å²) in [5, 5.41) is 0. The van der Waals surface area contributed by atoms with Gasteiger partial charge in [0.25, 0.3) is 0 Å². The second-order valence-corrected chi connectivity index (χ2v) is 19.8. The van der Waals surface area contributed by atoms with Crippen molar-refractivity contribution >= 4 is 38.9 Å². The van der Waals surface area contributed by atoms with Crippen molar-refractivity contribution in [2.75, 3.05) is 12.3 Å². The van der Waals surface area contributed by atoms with Crippen LogP contribution in [0.2, 0.25) is 0 Å². The van der Waals surface area contributed by atoms with Crippen LogP contribution in [0.1, 0.15) is 124 Å². The lowest BCUT2D eigenvalue weighted by molar-refractivity contribution is -0.148. The van der Waals surface area contributed by atoms with Crippen LogP contribution in [-0.2, 0) is 39.6 Å². The number of sulfone groups is 1. The van der Waals surface area contributed by atoms with E-state index in [4.69, 9.17) is 12.8 Å². The molecule has 2 saturated carbocycles. The average Bonchev–Trinajstić information content (AvgIpc) is 3.38. The van der Waals surface area contributed by atoms with E-state index >= 15 is 0 Å². The van der Waals surface area contributed by atoms with E-state index in [-0.39, 0.29) is 84.8 Å². The minimum Gasteiger partial charge on any atom is -0.332 e. The number of fused-ring (bicyclic) bond motifs is 1. The van der Waals surface area contributed by atoms with Crippen molar-refractivity contribution in [1.29, 1.82) is 0 Å². The van der Waals surface area contributed by atoms with E-state index in [1.165, 1.54) is 0 Å². The third-order valence-corrected chi connectivity index (χ3v) is 14.1. The van der Waals surface area contributed by atoms with Gasteiger partial charge in [0.1, 0.15) is 5.78 Å². The molecule has 8 nitrogen and oxygen atoms in total. The maximum atomic E-state index is 14.6. The van der Waals surface area contributed by atoms with E-state index in [1.807, 2.05) is 39.0 Å². The minimum atomic E-state index is -3.52. The van der Waals surface area contributed by atoms with E-state index in [9.17, 15) is 32.4 Å². The number of carbonyl (C=O) groups excluding carboxylic acids is 5. The number of unbranched alkanes of at least 4 members (excludes halogenated alkanes) is 1. The van der Waals surface area contributed by atoms with Crippen molar-refractivity contribution in [3.63, 3.8) is 0 Å². The fourth-order valence-corrected chi connectivity index (χ4v) is 11.4. The summed E-state index contributed by atoms with van der Waals surface area (Å²) in [4.78, 5) is 70.7. The SMILES string of the molecule is C#CCCCC(=O)C(=O)C(CCC#C)CC(=O)[C@@H]1[C@@H]2C(CN1C(=O)[C@@H](CC(=O)CC1(CS(=O)(=O)Cc3ccccc3)CCCCC1)C(C)(C)C)C2(C)C. The molecule has 9 heteroatoms. The summed E-state index contributed by atoms with van der Waals surface area (Å²) >= 11 is 0. The summed E-state index contributed by atoms with van der Waals surface area (Å²) < 4.78 is 27.0. The number of Topliss-reactive ketones (excluding diaryl/α,β-unsaturated/α-hetero) is 4. The van der Waals surface area contributed by atoms with Crippen molar-refractivity contribution in [3.05, 3.63) is 35.9 Å². The van der Waals surface area contributed by atoms with Gasteiger partial charge in [-0.2, -0.15) is 0 Å². The summed E-state index contributed by atoms with van der Waals surface area (Å²) in [7, 11) is -3.52. The highest BCUT2D eigenvalue weighted by molar-refractivity contribution is 7.90. The van der Waals surface area contributed by atoms with Gasteiger partial charge in [-0.3, -0.25) is 24.0 Å². The van der Waals surface area contributed by atoms with Gasteiger partial charge in [-0.1, -0.05) is 84.2 Å². The van der Waals surface area contributed by atoms with E-state index < -0.39 is 50.1 Å². The maximum absolute atomic E-state index is 14.6. The van der Waals surface area contributed by atoms with Crippen LogP contribution in [-0.4, -0.2) is 60.7 Å². The molecule has 0 bridgehead atoms. The lowest BCUT2D eigenvalue weighted by Crippen LogP contribution is -2.51. The number of piperidine rings is 1. The number of benzene rings is 1. The molecular formula is C44H59NO7S. The Bertz CT molecular complexity index is 1720. The molecule has 1 aliphatic heterocycles. The quantitative estimate of drug-likeness (QED) is 0.0851. The van der Waals surface area contributed by atoms with Gasteiger partial charge in [0.2, 0.25) is 11.7 Å². The van der Waals surface area contributed by atoms with E-state index in [0.29, 0.717) is 32.2 Å². The van der Waals surface area contributed by atoms with Crippen LogP contribution in [0.5, 0.6) is 0 Å². The Hall–Kier alpha value is -3.56. The zero-order valence-electron chi connectivity index (χ0n) is 32.5. The average molecular weight is 746 g/mol. The molecule has 53 heavy (non-hydrogen) atoms. The van der Waals surface area contributed by atoms with Gasteiger partial charge in [0.05, 0.1) is 17.5 Å². The first-order chi connectivity index (χ1) is 24.9. The van der Waals surface area contributed by atoms with Crippen molar-refractivity contribution < 1.29 is 32.4 Å². The van der Waals surface area contributed by atoms with Crippen LogP contribution in [0.4, 0.5) is 0 Å². The van der Waals surface area contributed by atoms with Gasteiger partial charge in [-0.05, 0) is 59.3 Å². The molecule has 0 spiro atoms. The number of ketones is 4. The first-order valence-corrected chi connectivity index (χ1v) is 21.2. The zero-order chi connectivity index (χ0) is 39.2. The van der Waals surface area contributed by atoms with Gasteiger partial charge < -0.3 is 4.90 Å². The number of hydrogen-bond donors (Lipinski definition) is 0. The molecule has 1 heterocycles. The fourth-order valence-electron chi connectivity index (χ4n) is 9.23. The fraction of sp³-hybridized carbons (Fsp3) is 0.659. The molecular weight excluding hydrogens is 687 g/mol. The van der Waals surface area contributed by atoms with Crippen molar-refractivity contribution in [3.8, 4) is 24.7 Å². The van der Waals surface area contributed by atoms with Gasteiger partial charge in [0.15, 0.2) is 21.4 Å². The second-order valence-electron chi connectivity index (χ2n) is 17.8. The summed E-state index contributed by atoms with van der Waals surface area (Å²) in [6.45, 7) is 10.3. The van der Waals surface area contributed by atoms with E-state index in [0.717, 1.165) is 24.8 Å². The van der Waals surface area contributed by atoms with E-state index in [1.54, 1.807) is 17.0 Å². The molecule has 1 saturated heterocycles. The zero-order valence-corrected chi connectivity index (χ0v) is 33.3. The van der Waals surface area contributed by atoms with Crippen molar-refractivity contribution in [1.82, 2.24) is 4.90 Å². The molecule has 2 aliphatic carbocycles. The van der Waals surface area contributed by atoms with Gasteiger partial charge >= 0.3 is 0 Å². The van der Waals surface area contributed by atoms with Gasteiger partial charge in [0, 0.05) is 56.9 Å². The molecule has 2 unspecified atom stereocenters. The second kappa shape index (κ2) is 17.3.